The lowest BCUT2D eigenvalue weighted by molar-refractivity contribution is 0.406. The lowest BCUT2D eigenvalue weighted by Crippen LogP contribution is -2.12. The molecule has 0 amide bonds. The van der Waals surface area contributed by atoms with Crippen molar-refractivity contribution in [3.63, 3.8) is 0 Å². The highest BCUT2D eigenvalue weighted by Crippen LogP contribution is 2.20. The molecule has 0 fully saturated rings. The first-order chi connectivity index (χ1) is 5.49. The molecular formula is C9H15N3. The highest BCUT2D eigenvalue weighted by Gasteiger charge is 2.14. The highest BCUT2D eigenvalue weighted by molar-refractivity contribution is 5.33. The van der Waals surface area contributed by atoms with Gasteiger partial charge in [0.05, 0.1) is 5.69 Å². The Morgan fingerprint density at radius 2 is 1.83 bits per heavy atom. The third-order valence-electron chi connectivity index (χ3n) is 1.50. The number of rotatable bonds is 1. The summed E-state index contributed by atoms with van der Waals surface area (Å²) in [5.74, 6) is 0.549. The highest BCUT2D eigenvalue weighted by atomic mass is 14.9. The number of nitrogens with zero attached hydrogens (tertiary/aromatic N) is 2. The van der Waals surface area contributed by atoms with Gasteiger partial charge >= 0.3 is 0 Å². The van der Waals surface area contributed by atoms with Gasteiger partial charge in [-0.2, -0.15) is 0 Å². The van der Waals surface area contributed by atoms with Crippen molar-refractivity contribution in [2.24, 2.45) is 5.41 Å². The molecule has 66 valence electrons. The zero-order valence-corrected chi connectivity index (χ0v) is 7.83. The van der Waals surface area contributed by atoms with Crippen LogP contribution in [0.4, 0.5) is 5.82 Å². The summed E-state index contributed by atoms with van der Waals surface area (Å²) in [6.45, 7) is 6.46. The Kier molecular flexibility index (Phi) is 2.31. The summed E-state index contributed by atoms with van der Waals surface area (Å²) in [5, 5.41) is 0. The smallest absolute Gasteiger partial charge is 0.145 e. The summed E-state index contributed by atoms with van der Waals surface area (Å²) >= 11 is 0. The molecule has 0 aliphatic rings. The molecule has 1 rings (SSSR count). The standard InChI is InChI=1S/C9H15N3/c1-9(2,3)6-7-8(10)12-5-4-11-7/h4-5H,6H2,1-3H3,(H2,10,12). The summed E-state index contributed by atoms with van der Waals surface area (Å²) in [6.07, 6.45) is 4.16. The quantitative estimate of drug-likeness (QED) is 0.688. The van der Waals surface area contributed by atoms with Gasteiger partial charge < -0.3 is 5.73 Å². The van der Waals surface area contributed by atoms with E-state index in [2.05, 4.69) is 30.7 Å². The van der Waals surface area contributed by atoms with Gasteiger partial charge in [0.2, 0.25) is 0 Å². The van der Waals surface area contributed by atoms with Crippen LogP contribution in [0.25, 0.3) is 0 Å². The number of hydrogen-bond acceptors (Lipinski definition) is 3. The predicted molar refractivity (Wildman–Crippen MR) is 49.6 cm³/mol. The van der Waals surface area contributed by atoms with Crippen LogP contribution in [-0.2, 0) is 6.42 Å². The molecule has 1 aromatic rings. The molecule has 0 saturated carbocycles. The molecule has 0 bridgehead atoms. The third kappa shape index (κ3) is 2.49. The van der Waals surface area contributed by atoms with Crippen LogP contribution in [0.15, 0.2) is 12.4 Å². The van der Waals surface area contributed by atoms with E-state index in [0.717, 1.165) is 12.1 Å². The maximum atomic E-state index is 5.65. The van der Waals surface area contributed by atoms with Gasteiger partial charge in [0.1, 0.15) is 5.82 Å². The van der Waals surface area contributed by atoms with Gasteiger partial charge in [-0.1, -0.05) is 20.8 Å². The molecule has 0 aromatic carbocycles. The van der Waals surface area contributed by atoms with Crippen LogP contribution in [0, 0.1) is 5.41 Å². The molecule has 0 spiro atoms. The first-order valence-electron chi connectivity index (χ1n) is 4.04. The second-order valence-electron chi connectivity index (χ2n) is 4.13. The molecule has 1 heterocycles. The van der Waals surface area contributed by atoms with E-state index in [-0.39, 0.29) is 5.41 Å². The first kappa shape index (κ1) is 8.97. The summed E-state index contributed by atoms with van der Waals surface area (Å²) < 4.78 is 0. The fourth-order valence-electron chi connectivity index (χ4n) is 1.02. The number of hydrogen-bond donors (Lipinski definition) is 1. The van der Waals surface area contributed by atoms with E-state index >= 15 is 0 Å². The number of anilines is 1. The Hall–Kier alpha value is -1.12. The molecule has 0 atom stereocenters. The minimum absolute atomic E-state index is 0.212. The molecule has 0 radical (unpaired) electrons. The minimum atomic E-state index is 0.212. The minimum Gasteiger partial charge on any atom is -0.382 e. The van der Waals surface area contributed by atoms with E-state index in [9.17, 15) is 0 Å². The molecule has 0 aliphatic carbocycles. The Morgan fingerprint density at radius 1 is 1.25 bits per heavy atom. The molecule has 0 saturated heterocycles. The SMILES string of the molecule is CC(C)(C)Cc1nccnc1N. The van der Waals surface area contributed by atoms with Crippen molar-refractivity contribution in [3.8, 4) is 0 Å². The van der Waals surface area contributed by atoms with E-state index in [1.807, 2.05) is 0 Å². The van der Waals surface area contributed by atoms with Gasteiger partial charge in [-0.25, -0.2) is 4.98 Å². The van der Waals surface area contributed by atoms with Crippen molar-refractivity contribution >= 4 is 5.82 Å². The van der Waals surface area contributed by atoms with Crippen LogP contribution in [-0.4, -0.2) is 9.97 Å². The average Bonchev–Trinajstić information content (AvgIpc) is 1.91. The zero-order valence-electron chi connectivity index (χ0n) is 7.83. The number of aromatic nitrogens is 2. The largest absolute Gasteiger partial charge is 0.382 e. The monoisotopic (exact) mass is 165 g/mol. The van der Waals surface area contributed by atoms with Crippen molar-refractivity contribution in [1.29, 1.82) is 0 Å². The van der Waals surface area contributed by atoms with Gasteiger partial charge in [-0.15, -0.1) is 0 Å². The summed E-state index contributed by atoms with van der Waals surface area (Å²) in [7, 11) is 0. The second-order valence-corrected chi connectivity index (χ2v) is 4.13. The van der Waals surface area contributed by atoms with Crippen LogP contribution >= 0.6 is 0 Å². The van der Waals surface area contributed by atoms with Gasteiger partial charge in [-0.3, -0.25) is 4.98 Å². The summed E-state index contributed by atoms with van der Waals surface area (Å²) in [4.78, 5) is 8.15. The van der Waals surface area contributed by atoms with Gasteiger partial charge in [0.25, 0.3) is 0 Å². The maximum absolute atomic E-state index is 5.65. The van der Waals surface area contributed by atoms with Crippen molar-refractivity contribution in [2.45, 2.75) is 27.2 Å². The molecule has 3 nitrogen and oxygen atoms in total. The van der Waals surface area contributed by atoms with E-state index in [1.54, 1.807) is 12.4 Å². The number of nitrogens with two attached hydrogens (primary N) is 1. The Morgan fingerprint density at radius 3 is 2.33 bits per heavy atom. The molecular weight excluding hydrogens is 150 g/mol. The van der Waals surface area contributed by atoms with Crippen molar-refractivity contribution < 1.29 is 0 Å². The molecule has 0 aliphatic heterocycles. The van der Waals surface area contributed by atoms with Crippen LogP contribution in [0.5, 0.6) is 0 Å². The van der Waals surface area contributed by atoms with Crippen molar-refractivity contribution in [2.75, 3.05) is 5.73 Å². The third-order valence-corrected chi connectivity index (χ3v) is 1.50. The lowest BCUT2D eigenvalue weighted by Gasteiger charge is -2.17. The van der Waals surface area contributed by atoms with Crippen LogP contribution in [0.1, 0.15) is 26.5 Å². The number of nitrogen functional groups attached to an aromatic ring is 1. The summed E-state index contributed by atoms with van der Waals surface area (Å²) in [5.41, 5.74) is 6.76. The average molecular weight is 165 g/mol. The van der Waals surface area contributed by atoms with Crippen molar-refractivity contribution in [3.05, 3.63) is 18.1 Å². The fraction of sp³-hybridized carbons (Fsp3) is 0.556. The molecule has 12 heavy (non-hydrogen) atoms. The van der Waals surface area contributed by atoms with E-state index < -0.39 is 0 Å². The van der Waals surface area contributed by atoms with Crippen LogP contribution in [0.2, 0.25) is 0 Å². The second kappa shape index (κ2) is 3.09. The molecule has 1 aromatic heterocycles. The predicted octanol–water partition coefficient (Wildman–Crippen LogP) is 1.65. The Labute approximate surface area is 73.0 Å². The van der Waals surface area contributed by atoms with E-state index in [4.69, 9.17) is 5.73 Å². The fourth-order valence-corrected chi connectivity index (χ4v) is 1.02. The van der Waals surface area contributed by atoms with Crippen LogP contribution in [0.3, 0.4) is 0 Å². The van der Waals surface area contributed by atoms with Gasteiger partial charge in [0, 0.05) is 12.4 Å². The van der Waals surface area contributed by atoms with E-state index in [0.29, 0.717) is 5.82 Å². The van der Waals surface area contributed by atoms with Crippen molar-refractivity contribution in [1.82, 2.24) is 9.97 Å². The van der Waals surface area contributed by atoms with Gasteiger partial charge in [0.15, 0.2) is 0 Å². The summed E-state index contributed by atoms with van der Waals surface area (Å²) in [6, 6.07) is 0. The Balaban J connectivity index is 2.83. The maximum Gasteiger partial charge on any atom is 0.145 e. The molecule has 2 N–H and O–H groups in total. The first-order valence-corrected chi connectivity index (χ1v) is 4.04. The van der Waals surface area contributed by atoms with E-state index in [1.165, 1.54) is 0 Å². The topological polar surface area (TPSA) is 51.8 Å². The van der Waals surface area contributed by atoms with Gasteiger partial charge in [-0.05, 0) is 11.8 Å². The molecule has 0 unspecified atom stereocenters. The van der Waals surface area contributed by atoms with Crippen LogP contribution < -0.4 is 5.73 Å². The normalized spacial score (nSPS) is 11.6. The lowest BCUT2D eigenvalue weighted by atomic mass is 9.90. The zero-order chi connectivity index (χ0) is 9.19. The Bertz CT molecular complexity index is 263. The molecule has 3 heteroatoms.